The van der Waals surface area contributed by atoms with E-state index in [0.29, 0.717) is 6.42 Å². The lowest BCUT2D eigenvalue weighted by atomic mass is 10.0. The van der Waals surface area contributed by atoms with Gasteiger partial charge in [-0.25, -0.2) is 0 Å². The number of hydrogen-bond donors (Lipinski definition) is 1. The molecule has 1 fully saturated rings. The van der Waals surface area contributed by atoms with Crippen molar-refractivity contribution in [1.82, 2.24) is 10.2 Å². The van der Waals surface area contributed by atoms with Gasteiger partial charge >= 0.3 is 5.51 Å². The van der Waals surface area contributed by atoms with Crippen molar-refractivity contribution < 1.29 is 17.6 Å². The van der Waals surface area contributed by atoms with Gasteiger partial charge in [-0.05, 0) is 35.9 Å². The summed E-state index contributed by atoms with van der Waals surface area (Å²) >= 11 is -0.128. The zero-order chi connectivity index (χ0) is 15.3. The Morgan fingerprint density at radius 3 is 2.23 bits per heavy atom. The molecule has 1 atom stereocenters. The van der Waals surface area contributed by atoms with Crippen molar-refractivity contribution in [3.63, 3.8) is 0 Å². The molecule has 1 aromatic rings. The van der Waals surface area contributed by atoms with Crippen LogP contribution in [0.4, 0.5) is 17.6 Å². The topological polar surface area (TPSA) is 15.3 Å². The van der Waals surface area contributed by atoms with Gasteiger partial charge in [0.15, 0.2) is 0 Å². The first-order chi connectivity index (χ1) is 9.99. The molecule has 0 unspecified atom stereocenters. The maximum absolute atomic E-state index is 12.8. The quantitative estimate of drug-likeness (QED) is 0.632. The normalized spacial score (nSPS) is 17.8. The number of benzene rings is 1. The van der Waals surface area contributed by atoms with E-state index in [0.717, 1.165) is 31.7 Å². The fourth-order valence-electron chi connectivity index (χ4n) is 2.55. The Hall–Kier alpha value is -0.500. The predicted octanol–water partition coefficient (Wildman–Crippen LogP) is 4.03. The molecule has 0 aromatic heterocycles. The maximum atomic E-state index is 12.8. The summed E-state index contributed by atoms with van der Waals surface area (Å²) in [5.41, 5.74) is -3.40. The van der Waals surface area contributed by atoms with E-state index in [2.05, 4.69) is 10.2 Å². The van der Waals surface area contributed by atoms with Crippen LogP contribution in [-0.2, 0) is 0 Å². The molecule has 126 valence electrons. The minimum atomic E-state index is -4.28. The average molecular weight is 359 g/mol. The number of rotatable bonds is 5. The lowest BCUT2D eigenvalue weighted by Crippen LogP contribution is -2.45. The molecule has 2 nitrogen and oxygen atoms in total. The van der Waals surface area contributed by atoms with Crippen molar-refractivity contribution in [3.05, 3.63) is 29.8 Å². The third-order valence-electron chi connectivity index (χ3n) is 3.47. The summed E-state index contributed by atoms with van der Waals surface area (Å²) in [6, 6.07) is 6.20. The number of thioether (sulfide) groups is 1. The van der Waals surface area contributed by atoms with Gasteiger partial charge in [-0.15, -0.1) is 12.4 Å². The Morgan fingerprint density at radius 2 is 1.73 bits per heavy atom. The van der Waals surface area contributed by atoms with Crippen molar-refractivity contribution in [1.29, 1.82) is 0 Å². The lowest BCUT2D eigenvalue weighted by molar-refractivity contribution is -0.0328. The van der Waals surface area contributed by atoms with E-state index in [-0.39, 0.29) is 35.1 Å². The van der Waals surface area contributed by atoms with Gasteiger partial charge < -0.3 is 5.32 Å². The van der Waals surface area contributed by atoms with Crippen LogP contribution in [0.5, 0.6) is 0 Å². The number of nitrogens with zero attached hydrogens (tertiary/aromatic N) is 1. The minimum absolute atomic E-state index is 0. The molecule has 0 aliphatic carbocycles. The fraction of sp³-hybridized carbons (Fsp3) is 0.571. The highest BCUT2D eigenvalue weighted by molar-refractivity contribution is 8.00. The van der Waals surface area contributed by atoms with Crippen molar-refractivity contribution in [2.75, 3.05) is 32.9 Å². The van der Waals surface area contributed by atoms with Crippen molar-refractivity contribution >= 4 is 24.2 Å². The average Bonchev–Trinajstić information content (AvgIpc) is 2.45. The molecule has 0 spiro atoms. The van der Waals surface area contributed by atoms with E-state index < -0.39 is 12.2 Å². The van der Waals surface area contributed by atoms with Crippen LogP contribution in [0.3, 0.4) is 0 Å². The van der Waals surface area contributed by atoms with Gasteiger partial charge in [0.25, 0.3) is 0 Å². The van der Waals surface area contributed by atoms with E-state index in [1.54, 1.807) is 12.1 Å². The second-order valence-electron chi connectivity index (χ2n) is 4.90. The molecule has 1 saturated heterocycles. The number of halogens is 5. The monoisotopic (exact) mass is 358 g/mol. The number of hydrogen-bond acceptors (Lipinski definition) is 3. The Morgan fingerprint density at radius 1 is 1.14 bits per heavy atom. The molecular formula is C14H19ClF4N2S. The Balaban J connectivity index is 0.00000242. The van der Waals surface area contributed by atoms with Gasteiger partial charge in [-0.1, -0.05) is 12.1 Å². The van der Waals surface area contributed by atoms with Gasteiger partial charge in [0.05, 0.1) is 6.67 Å². The third kappa shape index (κ3) is 5.95. The van der Waals surface area contributed by atoms with Crippen LogP contribution in [0.15, 0.2) is 29.2 Å². The molecule has 1 heterocycles. The van der Waals surface area contributed by atoms with Crippen molar-refractivity contribution in [3.8, 4) is 0 Å². The van der Waals surface area contributed by atoms with E-state index in [4.69, 9.17) is 0 Å². The molecule has 0 amide bonds. The highest BCUT2D eigenvalue weighted by Crippen LogP contribution is 2.37. The predicted molar refractivity (Wildman–Crippen MR) is 83.4 cm³/mol. The molecule has 0 radical (unpaired) electrons. The Labute approximate surface area is 138 Å². The van der Waals surface area contributed by atoms with Gasteiger partial charge in [0, 0.05) is 37.1 Å². The third-order valence-corrected chi connectivity index (χ3v) is 4.21. The SMILES string of the molecule is Cl.FCC[C@@H](c1ccc(SC(F)(F)F)cc1)N1CCNCC1. The zero-order valence-electron chi connectivity index (χ0n) is 11.9. The first-order valence-corrected chi connectivity index (χ1v) is 7.68. The van der Waals surface area contributed by atoms with Crippen LogP contribution in [-0.4, -0.2) is 43.3 Å². The molecule has 22 heavy (non-hydrogen) atoms. The highest BCUT2D eigenvalue weighted by atomic mass is 35.5. The van der Waals surface area contributed by atoms with E-state index in [1.165, 1.54) is 12.1 Å². The first kappa shape index (κ1) is 19.5. The van der Waals surface area contributed by atoms with Crippen LogP contribution in [0.25, 0.3) is 0 Å². The first-order valence-electron chi connectivity index (χ1n) is 6.86. The molecule has 1 aliphatic rings. The summed E-state index contributed by atoms with van der Waals surface area (Å²) < 4.78 is 49.7. The zero-order valence-corrected chi connectivity index (χ0v) is 13.5. The van der Waals surface area contributed by atoms with Crippen molar-refractivity contribution in [2.45, 2.75) is 22.9 Å². The second kappa shape index (κ2) is 8.96. The van der Waals surface area contributed by atoms with Crippen LogP contribution in [0, 0.1) is 0 Å². The summed E-state index contributed by atoms with van der Waals surface area (Å²) in [5, 5.41) is 3.23. The van der Waals surface area contributed by atoms with E-state index >= 15 is 0 Å². The molecule has 8 heteroatoms. The summed E-state index contributed by atoms with van der Waals surface area (Å²) in [4.78, 5) is 2.34. The maximum Gasteiger partial charge on any atom is 0.446 e. The summed E-state index contributed by atoms with van der Waals surface area (Å²) in [6.07, 6.45) is 0.367. The molecule has 1 aromatic carbocycles. The van der Waals surface area contributed by atoms with E-state index in [1.807, 2.05) is 0 Å². The largest absolute Gasteiger partial charge is 0.446 e. The number of alkyl halides is 4. The standard InChI is InChI=1S/C14H18F4N2S.ClH/c15-6-5-13(20-9-7-19-8-10-20)11-1-3-12(4-2-11)21-14(16,17)18;/h1-4,13,19H,5-10H2;1H/t13-;/m0./s1. The van der Waals surface area contributed by atoms with Gasteiger partial charge in [-0.3, -0.25) is 9.29 Å². The van der Waals surface area contributed by atoms with Gasteiger partial charge in [0.1, 0.15) is 0 Å². The second-order valence-corrected chi connectivity index (χ2v) is 6.03. The van der Waals surface area contributed by atoms with E-state index in [9.17, 15) is 17.6 Å². The number of piperazine rings is 1. The van der Waals surface area contributed by atoms with Gasteiger partial charge in [0.2, 0.25) is 0 Å². The summed E-state index contributed by atoms with van der Waals surface area (Å²) in [7, 11) is 0. The molecule has 0 bridgehead atoms. The van der Waals surface area contributed by atoms with Gasteiger partial charge in [-0.2, -0.15) is 13.2 Å². The van der Waals surface area contributed by atoms with Crippen LogP contribution in [0.1, 0.15) is 18.0 Å². The summed E-state index contributed by atoms with van der Waals surface area (Å²) in [5.74, 6) is 0. The van der Waals surface area contributed by atoms with Crippen LogP contribution in [0.2, 0.25) is 0 Å². The smallest absolute Gasteiger partial charge is 0.314 e. The van der Waals surface area contributed by atoms with Crippen LogP contribution >= 0.6 is 24.2 Å². The molecular weight excluding hydrogens is 340 g/mol. The molecule has 1 aliphatic heterocycles. The van der Waals surface area contributed by atoms with Crippen LogP contribution < -0.4 is 5.32 Å². The highest BCUT2D eigenvalue weighted by Gasteiger charge is 2.29. The fourth-order valence-corrected chi connectivity index (χ4v) is 3.09. The minimum Gasteiger partial charge on any atom is -0.314 e. The lowest BCUT2D eigenvalue weighted by Gasteiger charge is -2.35. The summed E-state index contributed by atoms with van der Waals surface area (Å²) in [6.45, 7) is 2.91. The molecule has 0 saturated carbocycles. The molecule has 2 rings (SSSR count). The number of nitrogens with one attached hydrogen (secondary N) is 1. The Kier molecular flexibility index (Phi) is 7.96. The Bertz CT molecular complexity index is 435. The molecule has 1 N–H and O–H groups in total. The van der Waals surface area contributed by atoms with Crippen molar-refractivity contribution in [2.24, 2.45) is 0 Å².